The molecule has 0 heterocycles. The van der Waals surface area contributed by atoms with Crippen LogP contribution in [0.1, 0.15) is 239 Å². The molecule has 4 heteroatoms. The Labute approximate surface area is 287 Å². The number of aliphatic carboxylic acids is 1. The summed E-state index contributed by atoms with van der Waals surface area (Å²) in [7, 11) is 0. The highest BCUT2D eigenvalue weighted by Gasteiger charge is 2.09. The Hall–Kier alpha value is -1.32. The molecule has 0 amide bonds. The van der Waals surface area contributed by atoms with Gasteiger partial charge in [0.2, 0.25) is 0 Å². The van der Waals surface area contributed by atoms with Gasteiger partial charge < -0.3 is 9.84 Å². The minimum absolute atomic E-state index is 0.00317. The van der Waals surface area contributed by atoms with E-state index < -0.39 is 5.97 Å². The van der Waals surface area contributed by atoms with Gasteiger partial charge in [0.1, 0.15) is 0 Å². The van der Waals surface area contributed by atoms with Gasteiger partial charge in [-0.2, -0.15) is 0 Å². The standard InChI is InChI=1S/C42H80O4/c1-3-4-5-6-7-8-9-10-16-21-24-27-30-33-36-39-42(45)46-40(2)37-34-31-28-25-22-19-17-14-12-11-13-15-18-20-23-26-29-32-35-38-41(43)44/h10,16,40H,3-9,11-15,17-39H2,1-2H3,(H,43,44)/b16-10-. The van der Waals surface area contributed by atoms with Gasteiger partial charge in [-0.15, -0.1) is 0 Å². The maximum atomic E-state index is 12.2. The molecule has 0 radical (unpaired) electrons. The molecule has 1 unspecified atom stereocenters. The van der Waals surface area contributed by atoms with Crippen LogP contribution in [-0.2, 0) is 14.3 Å². The van der Waals surface area contributed by atoms with E-state index in [4.69, 9.17) is 9.84 Å². The zero-order chi connectivity index (χ0) is 33.6. The molecule has 1 atom stereocenters. The summed E-state index contributed by atoms with van der Waals surface area (Å²) in [5, 5.41) is 8.65. The summed E-state index contributed by atoms with van der Waals surface area (Å²) >= 11 is 0. The van der Waals surface area contributed by atoms with Crippen LogP contribution in [0.4, 0.5) is 0 Å². The van der Waals surface area contributed by atoms with E-state index in [2.05, 4.69) is 26.0 Å². The van der Waals surface area contributed by atoms with Gasteiger partial charge in [-0.3, -0.25) is 9.59 Å². The zero-order valence-corrected chi connectivity index (χ0v) is 31.2. The SMILES string of the molecule is CCCCCCCC/C=C\CCCCCCCC(=O)OC(C)CCCCCCCCCCCCCCCCCCCCCC(=O)O. The molecule has 0 aromatic rings. The monoisotopic (exact) mass is 649 g/mol. The number of carboxylic acid groups (broad SMARTS) is 1. The fraction of sp³-hybridized carbons (Fsp3) is 0.905. The lowest BCUT2D eigenvalue weighted by atomic mass is 10.0. The summed E-state index contributed by atoms with van der Waals surface area (Å²) in [6, 6.07) is 0. The molecule has 0 bridgehead atoms. The first-order valence-corrected chi connectivity index (χ1v) is 20.6. The number of esters is 1. The Morgan fingerprint density at radius 2 is 0.804 bits per heavy atom. The van der Waals surface area contributed by atoms with E-state index in [1.165, 1.54) is 180 Å². The number of hydrogen-bond donors (Lipinski definition) is 1. The Morgan fingerprint density at radius 3 is 1.20 bits per heavy atom. The molecule has 0 fully saturated rings. The second kappa shape index (κ2) is 38.1. The van der Waals surface area contributed by atoms with Crippen LogP contribution in [-0.4, -0.2) is 23.1 Å². The van der Waals surface area contributed by atoms with E-state index in [1.54, 1.807) is 0 Å². The number of rotatable bonds is 38. The van der Waals surface area contributed by atoms with Crippen molar-refractivity contribution in [1.29, 1.82) is 0 Å². The molecule has 4 nitrogen and oxygen atoms in total. The molecule has 0 saturated heterocycles. The minimum Gasteiger partial charge on any atom is -0.481 e. The summed E-state index contributed by atoms with van der Waals surface area (Å²) in [6.45, 7) is 4.34. The van der Waals surface area contributed by atoms with Crippen molar-refractivity contribution in [2.75, 3.05) is 0 Å². The van der Waals surface area contributed by atoms with E-state index in [0.717, 1.165) is 32.1 Å². The number of carboxylic acids is 1. The van der Waals surface area contributed by atoms with E-state index >= 15 is 0 Å². The van der Waals surface area contributed by atoms with Gasteiger partial charge >= 0.3 is 11.9 Å². The zero-order valence-electron chi connectivity index (χ0n) is 31.2. The molecule has 0 saturated carbocycles. The molecular formula is C42H80O4. The molecule has 0 rings (SSSR count). The summed E-state index contributed by atoms with van der Waals surface area (Å²) in [5.74, 6) is -0.656. The highest BCUT2D eigenvalue weighted by atomic mass is 16.5. The van der Waals surface area contributed by atoms with Gasteiger partial charge in [0.25, 0.3) is 0 Å². The molecule has 0 aliphatic heterocycles. The topological polar surface area (TPSA) is 63.6 Å². The van der Waals surface area contributed by atoms with Crippen LogP contribution in [0.25, 0.3) is 0 Å². The summed E-state index contributed by atoms with van der Waals surface area (Å²) in [6.07, 6.45) is 48.0. The van der Waals surface area contributed by atoms with Crippen LogP contribution in [0.3, 0.4) is 0 Å². The number of unbranched alkanes of at least 4 members (excludes halogenated alkanes) is 29. The predicted molar refractivity (Wildman–Crippen MR) is 200 cm³/mol. The molecule has 0 aromatic carbocycles. The maximum absolute atomic E-state index is 12.2. The lowest BCUT2D eigenvalue weighted by Gasteiger charge is -2.13. The first-order chi connectivity index (χ1) is 22.6. The highest BCUT2D eigenvalue weighted by Crippen LogP contribution is 2.16. The van der Waals surface area contributed by atoms with Gasteiger partial charge in [0, 0.05) is 12.8 Å². The predicted octanol–water partition coefficient (Wildman–Crippen LogP) is 14.2. The number of carbonyl (C=O) groups is 2. The van der Waals surface area contributed by atoms with Crippen LogP contribution in [0.2, 0.25) is 0 Å². The second-order valence-electron chi connectivity index (χ2n) is 14.3. The highest BCUT2D eigenvalue weighted by molar-refractivity contribution is 5.69. The molecule has 272 valence electrons. The largest absolute Gasteiger partial charge is 0.481 e. The smallest absolute Gasteiger partial charge is 0.306 e. The van der Waals surface area contributed by atoms with Crippen LogP contribution in [0, 0.1) is 0 Å². The summed E-state index contributed by atoms with van der Waals surface area (Å²) in [5.41, 5.74) is 0. The van der Waals surface area contributed by atoms with Gasteiger partial charge in [0.15, 0.2) is 0 Å². The van der Waals surface area contributed by atoms with Crippen LogP contribution < -0.4 is 0 Å². The van der Waals surface area contributed by atoms with Gasteiger partial charge in [0.05, 0.1) is 6.10 Å². The summed E-state index contributed by atoms with van der Waals surface area (Å²) < 4.78 is 5.65. The number of hydrogen-bond acceptors (Lipinski definition) is 3. The van der Waals surface area contributed by atoms with E-state index in [1.807, 2.05) is 0 Å². The van der Waals surface area contributed by atoms with E-state index in [9.17, 15) is 9.59 Å². The van der Waals surface area contributed by atoms with Crippen LogP contribution in [0.15, 0.2) is 12.2 Å². The van der Waals surface area contributed by atoms with Crippen molar-refractivity contribution >= 4 is 11.9 Å². The average Bonchev–Trinajstić information content (AvgIpc) is 3.03. The molecule has 1 N–H and O–H groups in total. The third-order valence-electron chi connectivity index (χ3n) is 9.48. The normalized spacial score (nSPS) is 12.2. The van der Waals surface area contributed by atoms with E-state index in [0.29, 0.717) is 12.8 Å². The lowest BCUT2D eigenvalue weighted by Crippen LogP contribution is -2.14. The Kier molecular flexibility index (Phi) is 37.0. The molecule has 0 aromatic heterocycles. The first kappa shape index (κ1) is 44.7. The number of carbonyl (C=O) groups excluding carboxylic acids is 1. The van der Waals surface area contributed by atoms with Crippen LogP contribution >= 0.6 is 0 Å². The van der Waals surface area contributed by atoms with E-state index in [-0.39, 0.29) is 12.1 Å². The first-order valence-electron chi connectivity index (χ1n) is 20.6. The molecule has 0 aliphatic carbocycles. The molecule has 0 aliphatic rings. The quantitative estimate of drug-likeness (QED) is 0.0411. The Bertz CT molecular complexity index is 658. The number of allylic oxidation sites excluding steroid dienone is 2. The number of ether oxygens (including phenoxy) is 1. The van der Waals surface area contributed by atoms with Gasteiger partial charge in [-0.25, -0.2) is 0 Å². The fourth-order valence-electron chi connectivity index (χ4n) is 6.40. The maximum Gasteiger partial charge on any atom is 0.306 e. The second-order valence-corrected chi connectivity index (χ2v) is 14.3. The lowest BCUT2D eigenvalue weighted by molar-refractivity contribution is -0.148. The summed E-state index contributed by atoms with van der Waals surface area (Å²) in [4.78, 5) is 22.7. The van der Waals surface area contributed by atoms with Crippen molar-refractivity contribution in [3.63, 3.8) is 0 Å². The van der Waals surface area contributed by atoms with Crippen LogP contribution in [0.5, 0.6) is 0 Å². The van der Waals surface area contributed by atoms with Crippen molar-refractivity contribution < 1.29 is 19.4 Å². The molecule has 0 spiro atoms. The minimum atomic E-state index is -0.659. The third-order valence-corrected chi connectivity index (χ3v) is 9.48. The molecule has 46 heavy (non-hydrogen) atoms. The third kappa shape index (κ3) is 38.9. The fourth-order valence-corrected chi connectivity index (χ4v) is 6.40. The average molecular weight is 649 g/mol. The van der Waals surface area contributed by atoms with Crippen molar-refractivity contribution in [3.05, 3.63) is 12.2 Å². The Morgan fingerprint density at radius 1 is 0.478 bits per heavy atom. The van der Waals surface area contributed by atoms with Gasteiger partial charge in [-0.05, 0) is 58.3 Å². The van der Waals surface area contributed by atoms with Crippen molar-refractivity contribution in [1.82, 2.24) is 0 Å². The van der Waals surface area contributed by atoms with Crippen molar-refractivity contribution in [2.45, 2.75) is 245 Å². The van der Waals surface area contributed by atoms with Crippen molar-refractivity contribution in [3.8, 4) is 0 Å². The van der Waals surface area contributed by atoms with Gasteiger partial charge in [-0.1, -0.05) is 180 Å². The Balaban J connectivity index is 3.28. The van der Waals surface area contributed by atoms with Crippen molar-refractivity contribution in [2.24, 2.45) is 0 Å². The molecular weight excluding hydrogens is 568 g/mol.